The molecule has 0 saturated carbocycles. The number of hydrogen-bond donors (Lipinski definition) is 0. The summed E-state index contributed by atoms with van der Waals surface area (Å²) in [6.45, 7) is 4.89. The second-order valence-corrected chi connectivity index (χ2v) is 9.37. The molecule has 166 valence electrons. The zero-order valence-electron chi connectivity index (χ0n) is 17.5. The molecule has 31 heavy (non-hydrogen) atoms. The highest BCUT2D eigenvalue weighted by molar-refractivity contribution is 7.86. The first kappa shape index (κ1) is 23.2. The third-order valence-electron chi connectivity index (χ3n) is 5.14. The Morgan fingerprint density at radius 1 is 1.26 bits per heavy atom. The number of hydrogen-bond acceptors (Lipinski definition) is 6. The van der Waals surface area contributed by atoms with E-state index in [1.165, 1.54) is 30.3 Å². The maximum atomic E-state index is 14.8. The summed E-state index contributed by atoms with van der Waals surface area (Å²) >= 11 is 0. The molecule has 1 aliphatic rings. The van der Waals surface area contributed by atoms with E-state index in [1.54, 1.807) is 32.0 Å². The van der Waals surface area contributed by atoms with E-state index in [4.69, 9.17) is 13.7 Å². The molecule has 2 aromatic rings. The average molecular weight is 450 g/mol. The first-order valence-electron chi connectivity index (χ1n) is 9.69. The summed E-state index contributed by atoms with van der Waals surface area (Å²) in [5, 5.41) is 3.90. The van der Waals surface area contributed by atoms with Gasteiger partial charge in [-0.2, -0.15) is 8.42 Å². The fourth-order valence-electron chi connectivity index (χ4n) is 3.53. The average Bonchev–Trinajstić information content (AvgIpc) is 3.08. The number of nitrogens with zero attached hydrogens (tertiary/aromatic N) is 3. The molecule has 0 spiro atoms. The van der Waals surface area contributed by atoms with Gasteiger partial charge in [0, 0.05) is 10.5 Å². The Balaban J connectivity index is 1.92. The van der Waals surface area contributed by atoms with E-state index < -0.39 is 33.4 Å². The van der Waals surface area contributed by atoms with Crippen LogP contribution >= 0.6 is 0 Å². The van der Waals surface area contributed by atoms with Gasteiger partial charge in [-0.1, -0.05) is 41.0 Å². The number of aryl methyl sites for hydroxylation is 1. The Morgan fingerprint density at radius 2 is 1.94 bits per heavy atom. The second-order valence-electron chi connectivity index (χ2n) is 7.75. The molecular formula is C21H24FN3O5S. The standard InChI is InChI=1S/C21H24FN3O5S/c1-15-8-10-16(11-9-15)31(26,27)29-13-12-21(24-25-23,17-6-4-5-7-18(17)22)19-14-28-20(2,3)30-19/h4-11,19H,12-14H2,1-3H3/t19-,21+/m0/s1. The number of ether oxygens (including phenoxy) is 2. The molecule has 1 saturated heterocycles. The third-order valence-corrected chi connectivity index (χ3v) is 6.46. The van der Waals surface area contributed by atoms with E-state index in [0.717, 1.165) is 5.56 Å². The van der Waals surface area contributed by atoms with E-state index in [-0.39, 0.29) is 30.1 Å². The van der Waals surface area contributed by atoms with Crippen molar-refractivity contribution in [1.29, 1.82) is 0 Å². The van der Waals surface area contributed by atoms with Crippen LogP contribution in [0.5, 0.6) is 0 Å². The van der Waals surface area contributed by atoms with Crippen LogP contribution in [-0.4, -0.2) is 33.5 Å². The lowest BCUT2D eigenvalue weighted by atomic mass is 9.82. The zero-order chi connectivity index (χ0) is 22.7. The predicted molar refractivity (Wildman–Crippen MR) is 111 cm³/mol. The van der Waals surface area contributed by atoms with Crippen LogP contribution in [0.3, 0.4) is 0 Å². The van der Waals surface area contributed by atoms with Crippen LogP contribution in [0.2, 0.25) is 0 Å². The molecule has 2 atom stereocenters. The van der Waals surface area contributed by atoms with Gasteiger partial charge in [0.25, 0.3) is 10.1 Å². The molecule has 10 heteroatoms. The van der Waals surface area contributed by atoms with Crippen LogP contribution in [0.25, 0.3) is 10.4 Å². The topological polar surface area (TPSA) is 111 Å². The molecule has 0 amide bonds. The smallest absolute Gasteiger partial charge is 0.296 e. The number of benzene rings is 2. The van der Waals surface area contributed by atoms with Crippen LogP contribution in [0, 0.1) is 12.7 Å². The highest BCUT2D eigenvalue weighted by Gasteiger charge is 2.49. The Bertz CT molecular complexity index is 1080. The third kappa shape index (κ3) is 5.06. The highest BCUT2D eigenvalue weighted by atomic mass is 32.2. The number of azide groups is 1. The van der Waals surface area contributed by atoms with Crippen molar-refractivity contribution in [3.63, 3.8) is 0 Å². The first-order chi connectivity index (χ1) is 14.6. The molecule has 0 N–H and O–H groups in total. The lowest BCUT2D eigenvalue weighted by Gasteiger charge is -2.34. The van der Waals surface area contributed by atoms with Crippen molar-refractivity contribution in [2.24, 2.45) is 5.11 Å². The summed E-state index contributed by atoms with van der Waals surface area (Å²) < 4.78 is 56.6. The van der Waals surface area contributed by atoms with Crippen molar-refractivity contribution in [2.45, 2.75) is 49.5 Å². The Kier molecular flexibility index (Phi) is 6.68. The highest BCUT2D eigenvalue weighted by Crippen LogP contribution is 2.42. The largest absolute Gasteiger partial charge is 0.348 e. The fraction of sp³-hybridized carbons (Fsp3) is 0.429. The minimum atomic E-state index is -4.05. The van der Waals surface area contributed by atoms with Gasteiger partial charge >= 0.3 is 0 Å². The van der Waals surface area contributed by atoms with Gasteiger partial charge in [0.05, 0.1) is 24.2 Å². The summed E-state index contributed by atoms with van der Waals surface area (Å²) in [5.41, 5.74) is 8.70. The maximum absolute atomic E-state index is 14.8. The molecule has 3 rings (SSSR count). The molecule has 1 heterocycles. The first-order valence-corrected chi connectivity index (χ1v) is 11.1. The molecule has 1 fully saturated rings. The van der Waals surface area contributed by atoms with Gasteiger partial charge in [-0.25, -0.2) is 4.39 Å². The van der Waals surface area contributed by atoms with E-state index in [1.807, 2.05) is 6.92 Å². The van der Waals surface area contributed by atoms with Crippen molar-refractivity contribution in [1.82, 2.24) is 0 Å². The minimum absolute atomic E-state index is 0.0000378. The Labute approximate surface area is 180 Å². The van der Waals surface area contributed by atoms with Crippen LogP contribution < -0.4 is 0 Å². The molecule has 0 unspecified atom stereocenters. The predicted octanol–water partition coefficient (Wildman–Crippen LogP) is 4.59. The Hall–Kier alpha value is -2.49. The van der Waals surface area contributed by atoms with Gasteiger partial charge in [0.15, 0.2) is 5.79 Å². The maximum Gasteiger partial charge on any atom is 0.296 e. The van der Waals surface area contributed by atoms with Gasteiger partial charge < -0.3 is 9.47 Å². The second kappa shape index (κ2) is 8.94. The number of rotatable bonds is 8. The number of halogens is 1. The van der Waals surface area contributed by atoms with Crippen LogP contribution in [-0.2, 0) is 29.3 Å². The van der Waals surface area contributed by atoms with Crippen molar-refractivity contribution < 1.29 is 26.5 Å². The van der Waals surface area contributed by atoms with E-state index >= 15 is 0 Å². The van der Waals surface area contributed by atoms with Crippen molar-refractivity contribution in [3.05, 3.63) is 75.9 Å². The van der Waals surface area contributed by atoms with Gasteiger partial charge in [-0.3, -0.25) is 4.18 Å². The minimum Gasteiger partial charge on any atom is -0.348 e. The quantitative estimate of drug-likeness (QED) is 0.253. The summed E-state index contributed by atoms with van der Waals surface area (Å²) in [7, 11) is -4.05. The summed E-state index contributed by atoms with van der Waals surface area (Å²) in [6, 6.07) is 12.0. The summed E-state index contributed by atoms with van der Waals surface area (Å²) in [6.07, 6.45) is -0.992. The monoisotopic (exact) mass is 449 g/mol. The van der Waals surface area contributed by atoms with Crippen LogP contribution in [0.4, 0.5) is 4.39 Å². The molecule has 2 aromatic carbocycles. The molecule has 0 bridgehead atoms. The van der Waals surface area contributed by atoms with E-state index in [9.17, 15) is 18.3 Å². The molecule has 0 radical (unpaired) electrons. The molecule has 0 aromatic heterocycles. The summed E-state index contributed by atoms with van der Waals surface area (Å²) in [5.74, 6) is -1.58. The van der Waals surface area contributed by atoms with Gasteiger partial charge in [-0.05, 0) is 50.9 Å². The van der Waals surface area contributed by atoms with Crippen molar-refractivity contribution in [2.75, 3.05) is 13.2 Å². The van der Waals surface area contributed by atoms with Gasteiger partial charge in [0.1, 0.15) is 11.4 Å². The Morgan fingerprint density at radius 3 is 2.52 bits per heavy atom. The molecular weight excluding hydrogens is 425 g/mol. The SMILES string of the molecule is Cc1ccc(S(=O)(=O)OCC[C@@](N=[N+]=[N-])(c2ccccc2F)[C@@H]2COC(C)(C)O2)cc1. The van der Waals surface area contributed by atoms with Crippen LogP contribution in [0.1, 0.15) is 31.4 Å². The molecule has 1 aliphatic heterocycles. The van der Waals surface area contributed by atoms with Gasteiger partial charge in [-0.15, -0.1) is 0 Å². The zero-order valence-corrected chi connectivity index (χ0v) is 18.3. The molecule has 0 aliphatic carbocycles. The van der Waals surface area contributed by atoms with Gasteiger partial charge in [0.2, 0.25) is 0 Å². The van der Waals surface area contributed by atoms with Crippen molar-refractivity contribution in [3.8, 4) is 0 Å². The van der Waals surface area contributed by atoms with Crippen molar-refractivity contribution >= 4 is 10.1 Å². The van der Waals surface area contributed by atoms with Crippen LogP contribution in [0.15, 0.2) is 58.5 Å². The fourth-order valence-corrected chi connectivity index (χ4v) is 4.44. The van der Waals surface area contributed by atoms with E-state index in [2.05, 4.69) is 10.0 Å². The lowest BCUT2D eigenvalue weighted by molar-refractivity contribution is -0.148. The lowest BCUT2D eigenvalue weighted by Crippen LogP contribution is -2.42. The normalized spacial score (nSPS) is 20.1. The summed E-state index contributed by atoms with van der Waals surface area (Å²) in [4.78, 5) is 2.92. The molecule has 8 nitrogen and oxygen atoms in total. The van der Waals surface area contributed by atoms with E-state index in [0.29, 0.717) is 0 Å².